The van der Waals surface area contributed by atoms with Gasteiger partial charge in [-0.15, -0.1) is 0 Å². The second-order valence-corrected chi connectivity index (χ2v) is 4.43. The number of nitrogens with one attached hydrogen (secondary N) is 1. The van der Waals surface area contributed by atoms with Crippen LogP contribution in [0.4, 0.5) is 21.5 Å². The molecule has 0 aliphatic carbocycles. The zero-order valence-electron chi connectivity index (χ0n) is 9.63. The van der Waals surface area contributed by atoms with E-state index in [2.05, 4.69) is 5.32 Å². The third kappa shape index (κ3) is 3.38. The highest BCUT2D eigenvalue weighted by molar-refractivity contribution is 6.33. The summed E-state index contributed by atoms with van der Waals surface area (Å²) in [6, 6.07) is 1.42. The van der Waals surface area contributed by atoms with Gasteiger partial charge >= 0.3 is 0 Å². The monoisotopic (exact) mass is 261 g/mol. The summed E-state index contributed by atoms with van der Waals surface area (Å²) in [6.45, 7) is 2.54. The summed E-state index contributed by atoms with van der Waals surface area (Å²) in [5, 5.41) is 11.5. The number of anilines is 3. The quantitative estimate of drug-likeness (QED) is 0.612. The van der Waals surface area contributed by atoms with E-state index in [0.29, 0.717) is 13.0 Å². The molecular formula is C11H17ClFN3O. The molecule has 0 aliphatic rings. The molecule has 0 spiro atoms. The zero-order valence-corrected chi connectivity index (χ0v) is 10.4. The summed E-state index contributed by atoms with van der Waals surface area (Å²) in [7, 11) is 0. The van der Waals surface area contributed by atoms with E-state index in [1.165, 1.54) is 6.07 Å². The maximum Gasteiger partial charge on any atom is 0.169 e. The van der Waals surface area contributed by atoms with Crippen molar-refractivity contribution in [3.05, 3.63) is 16.9 Å². The molecule has 17 heavy (non-hydrogen) atoms. The van der Waals surface area contributed by atoms with Crippen LogP contribution in [0, 0.1) is 11.7 Å². The van der Waals surface area contributed by atoms with E-state index in [-0.39, 0.29) is 34.6 Å². The van der Waals surface area contributed by atoms with Crippen LogP contribution in [0.1, 0.15) is 13.3 Å². The molecule has 4 nitrogen and oxygen atoms in total. The van der Waals surface area contributed by atoms with Crippen molar-refractivity contribution in [1.82, 2.24) is 0 Å². The van der Waals surface area contributed by atoms with Crippen LogP contribution < -0.4 is 16.8 Å². The SMILES string of the molecule is CC(CCO)CNc1c(N)cc(N)c(Cl)c1F. The first-order valence-electron chi connectivity index (χ1n) is 5.35. The van der Waals surface area contributed by atoms with Crippen molar-refractivity contribution >= 4 is 28.7 Å². The highest BCUT2D eigenvalue weighted by Gasteiger charge is 2.14. The Morgan fingerprint density at radius 3 is 2.71 bits per heavy atom. The highest BCUT2D eigenvalue weighted by Crippen LogP contribution is 2.33. The molecule has 0 aromatic heterocycles. The van der Waals surface area contributed by atoms with Crippen LogP contribution in [0.15, 0.2) is 6.07 Å². The van der Waals surface area contributed by atoms with Crippen LogP contribution in [0.2, 0.25) is 5.02 Å². The fraction of sp³-hybridized carbons (Fsp3) is 0.455. The Hall–Kier alpha value is -1.20. The molecular weight excluding hydrogens is 245 g/mol. The van der Waals surface area contributed by atoms with Crippen molar-refractivity contribution in [1.29, 1.82) is 0 Å². The van der Waals surface area contributed by atoms with Crippen molar-refractivity contribution in [3.8, 4) is 0 Å². The molecule has 96 valence electrons. The summed E-state index contributed by atoms with van der Waals surface area (Å²) < 4.78 is 13.8. The first kappa shape index (κ1) is 13.9. The Morgan fingerprint density at radius 1 is 1.47 bits per heavy atom. The van der Waals surface area contributed by atoms with Gasteiger partial charge in [0.15, 0.2) is 5.82 Å². The molecule has 6 N–H and O–H groups in total. The molecule has 0 amide bonds. The molecule has 0 fully saturated rings. The molecule has 6 heteroatoms. The molecule has 0 saturated heterocycles. The number of nitrogens with two attached hydrogens (primary N) is 2. The van der Waals surface area contributed by atoms with Gasteiger partial charge in [-0.2, -0.15) is 0 Å². The normalized spacial score (nSPS) is 12.5. The minimum absolute atomic E-state index is 0.101. The van der Waals surface area contributed by atoms with Gasteiger partial charge in [0.2, 0.25) is 0 Å². The number of hydrogen-bond acceptors (Lipinski definition) is 4. The standard InChI is InChI=1S/C11H17ClFN3O/c1-6(2-3-17)5-16-11-8(15)4-7(14)9(12)10(11)13/h4,6,16-17H,2-3,5,14-15H2,1H3. The van der Waals surface area contributed by atoms with Crippen molar-refractivity contribution in [2.24, 2.45) is 5.92 Å². The van der Waals surface area contributed by atoms with Crippen LogP contribution >= 0.6 is 11.6 Å². The number of aliphatic hydroxyl groups excluding tert-OH is 1. The van der Waals surface area contributed by atoms with Crippen molar-refractivity contribution in [2.75, 3.05) is 29.9 Å². The molecule has 0 saturated carbocycles. The van der Waals surface area contributed by atoms with Gasteiger partial charge in [-0.3, -0.25) is 0 Å². The van der Waals surface area contributed by atoms with Crippen molar-refractivity contribution < 1.29 is 9.50 Å². The third-order valence-corrected chi connectivity index (χ3v) is 2.90. The number of rotatable bonds is 5. The number of nitrogen functional groups attached to an aromatic ring is 2. The second-order valence-electron chi connectivity index (χ2n) is 4.06. The van der Waals surface area contributed by atoms with E-state index in [9.17, 15) is 4.39 Å². The smallest absolute Gasteiger partial charge is 0.169 e. The van der Waals surface area contributed by atoms with Crippen LogP contribution in [-0.4, -0.2) is 18.3 Å². The van der Waals surface area contributed by atoms with Gasteiger partial charge in [-0.1, -0.05) is 18.5 Å². The maximum absolute atomic E-state index is 13.8. The molecule has 0 heterocycles. The summed E-state index contributed by atoms with van der Waals surface area (Å²) in [6.07, 6.45) is 0.636. The van der Waals surface area contributed by atoms with Crippen LogP contribution in [-0.2, 0) is 0 Å². The van der Waals surface area contributed by atoms with E-state index >= 15 is 0 Å². The Bertz CT molecular complexity index is 401. The average molecular weight is 262 g/mol. The van der Waals surface area contributed by atoms with E-state index in [1.54, 1.807) is 0 Å². The Labute approximate surface area is 105 Å². The zero-order chi connectivity index (χ0) is 13.0. The number of hydrogen-bond donors (Lipinski definition) is 4. The lowest BCUT2D eigenvalue weighted by atomic mass is 10.1. The first-order valence-corrected chi connectivity index (χ1v) is 5.72. The van der Waals surface area contributed by atoms with Crippen LogP contribution in [0.3, 0.4) is 0 Å². The predicted molar refractivity (Wildman–Crippen MR) is 69.6 cm³/mol. The topological polar surface area (TPSA) is 84.3 Å². The Morgan fingerprint density at radius 2 is 2.12 bits per heavy atom. The lowest BCUT2D eigenvalue weighted by Crippen LogP contribution is -2.15. The predicted octanol–water partition coefficient (Wildman–Crippen LogP) is 2.07. The van der Waals surface area contributed by atoms with Crippen LogP contribution in [0.25, 0.3) is 0 Å². The summed E-state index contributed by atoms with van der Waals surface area (Å²) in [4.78, 5) is 0. The van der Waals surface area contributed by atoms with Gasteiger partial charge in [0, 0.05) is 13.2 Å². The summed E-state index contributed by atoms with van der Waals surface area (Å²) >= 11 is 5.70. The lowest BCUT2D eigenvalue weighted by molar-refractivity contribution is 0.266. The minimum Gasteiger partial charge on any atom is -0.397 e. The molecule has 0 bridgehead atoms. The van der Waals surface area contributed by atoms with Gasteiger partial charge in [-0.05, 0) is 18.4 Å². The van der Waals surface area contributed by atoms with Gasteiger partial charge < -0.3 is 21.9 Å². The van der Waals surface area contributed by atoms with Crippen LogP contribution in [0.5, 0.6) is 0 Å². The Balaban J connectivity index is 2.81. The molecule has 0 radical (unpaired) electrons. The van der Waals surface area contributed by atoms with Crippen molar-refractivity contribution in [3.63, 3.8) is 0 Å². The van der Waals surface area contributed by atoms with Gasteiger partial charge in [0.1, 0.15) is 5.02 Å². The highest BCUT2D eigenvalue weighted by atomic mass is 35.5. The van der Waals surface area contributed by atoms with E-state index < -0.39 is 5.82 Å². The van der Waals surface area contributed by atoms with Gasteiger partial charge in [-0.25, -0.2) is 4.39 Å². The summed E-state index contributed by atoms with van der Waals surface area (Å²) in [5.74, 6) is -0.435. The average Bonchev–Trinajstić information content (AvgIpc) is 2.26. The summed E-state index contributed by atoms with van der Waals surface area (Å²) in [5.41, 5.74) is 11.6. The van der Waals surface area contributed by atoms with E-state index in [4.69, 9.17) is 28.2 Å². The van der Waals surface area contributed by atoms with E-state index in [1.807, 2.05) is 6.92 Å². The number of halogens is 2. The maximum atomic E-state index is 13.8. The van der Waals surface area contributed by atoms with E-state index in [0.717, 1.165) is 0 Å². The third-order valence-electron chi connectivity index (χ3n) is 2.51. The Kier molecular flexibility index (Phi) is 4.84. The molecule has 1 rings (SSSR count). The molecule has 1 aromatic rings. The lowest BCUT2D eigenvalue weighted by Gasteiger charge is -2.16. The van der Waals surface area contributed by atoms with Gasteiger partial charge in [0.25, 0.3) is 0 Å². The molecule has 0 aliphatic heterocycles. The van der Waals surface area contributed by atoms with Gasteiger partial charge in [0.05, 0.1) is 17.1 Å². The fourth-order valence-electron chi connectivity index (χ4n) is 1.44. The fourth-order valence-corrected chi connectivity index (χ4v) is 1.59. The molecule has 1 aromatic carbocycles. The first-order chi connectivity index (χ1) is 7.97. The minimum atomic E-state index is -0.639. The number of aliphatic hydroxyl groups is 1. The molecule has 1 atom stereocenters. The number of benzene rings is 1. The van der Waals surface area contributed by atoms with Crippen molar-refractivity contribution in [2.45, 2.75) is 13.3 Å². The second kappa shape index (κ2) is 5.93. The molecule has 1 unspecified atom stereocenters. The largest absolute Gasteiger partial charge is 0.397 e.